The molecule has 2 atom stereocenters. The number of fused-ring (bicyclic) bond motifs is 3. The predicted octanol–water partition coefficient (Wildman–Crippen LogP) is 3.68. The molecule has 0 spiro atoms. The molecule has 0 amide bonds. The van der Waals surface area contributed by atoms with Gasteiger partial charge in [-0.25, -0.2) is 0 Å². The van der Waals surface area contributed by atoms with E-state index in [2.05, 4.69) is 0 Å². The Morgan fingerprint density at radius 1 is 0.667 bits per heavy atom. The topological polar surface area (TPSA) is 0 Å². The molecule has 0 nitrogen and oxygen atoms in total. The minimum atomic E-state index is 1.08. The maximum Gasteiger partial charge on any atom is -0.0135 e. The fraction of sp³-hybridized carbons (Fsp3) is 0.833. The Hall–Kier alpha value is -0.260. The Balaban J connectivity index is 1.87. The molecule has 0 aromatic rings. The Kier molecular flexibility index (Phi) is 1.56. The van der Waals surface area contributed by atoms with Gasteiger partial charge in [0.15, 0.2) is 0 Å². The summed E-state index contributed by atoms with van der Waals surface area (Å²) in [7, 11) is 0. The van der Waals surface area contributed by atoms with Crippen LogP contribution in [0.15, 0.2) is 11.1 Å². The molecule has 0 heterocycles. The molecule has 0 saturated heterocycles. The lowest BCUT2D eigenvalue weighted by Crippen LogP contribution is -2.35. The summed E-state index contributed by atoms with van der Waals surface area (Å²) in [5, 5.41) is 0. The first-order chi connectivity index (χ1) is 5.97. The third-order valence-corrected chi connectivity index (χ3v) is 4.22. The molecule has 0 aliphatic heterocycles. The fourth-order valence-corrected chi connectivity index (χ4v) is 3.67. The van der Waals surface area contributed by atoms with E-state index in [-0.39, 0.29) is 0 Å². The maximum atomic E-state index is 1.92. The molecule has 0 heteroatoms. The van der Waals surface area contributed by atoms with Gasteiger partial charge in [-0.2, -0.15) is 0 Å². The fourth-order valence-electron chi connectivity index (χ4n) is 3.67. The molecule has 0 aromatic carbocycles. The van der Waals surface area contributed by atoms with Crippen molar-refractivity contribution in [2.75, 3.05) is 0 Å². The van der Waals surface area contributed by atoms with Crippen molar-refractivity contribution >= 4 is 0 Å². The highest BCUT2D eigenvalue weighted by Gasteiger charge is 2.41. The zero-order chi connectivity index (χ0) is 7.97. The molecule has 3 rings (SSSR count). The quantitative estimate of drug-likeness (QED) is 0.477. The van der Waals surface area contributed by atoms with Crippen molar-refractivity contribution in [3.05, 3.63) is 11.1 Å². The number of rotatable bonds is 0. The molecule has 3 aliphatic rings. The van der Waals surface area contributed by atoms with Crippen LogP contribution in [0.3, 0.4) is 0 Å². The van der Waals surface area contributed by atoms with E-state index in [1.54, 1.807) is 0 Å². The van der Waals surface area contributed by atoms with Crippen molar-refractivity contribution in [2.24, 2.45) is 11.8 Å². The molecule has 1 saturated carbocycles. The molecular formula is C12H18. The summed E-state index contributed by atoms with van der Waals surface area (Å²) in [4.78, 5) is 0. The summed E-state index contributed by atoms with van der Waals surface area (Å²) in [5.74, 6) is 2.16. The first-order valence-corrected chi connectivity index (χ1v) is 5.68. The Bertz CT molecular complexity index is 200. The van der Waals surface area contributed by atoms with E-state index in [0.29, 0.717) is 0 Å². The zero-order valence-electron chi connectivity index (χ0n) is 7.81. The van der Waals surface area contributed by atoms with Crippen LogP contribution >= 0.6 is 0 Å². The van der Waals surface area contributed by atoms with E-state index in [0.717, 1.165) is 11.8 Å². The van der Waals surface area contributed by atoms with Gasteiger partial charge in [-0.15, -0.1) is 0 Å². The Morgan fingerprint density at radius 2 is 1.17 bits per heavy atom. The lowest BCUT2D eigenvalue weighted by molar-refractivity contribution is 0.234. The van der Waals surface area contributed by atoms with E-state index < -0.39 is 0 Å². The van der Waals surface area contributed by atoms with Crippen LogP contribution in [-0.2, 0) is 0 Å². The standard InChI is InChI=1S/C12H18/c1-2-6-10-9(5-1)11-7-3-4-8-12(10)11/h9-10H,1-8H2. The van der Waals surface area contributed by atoms with Crippen LogP contribution in [0.25, 0.3) is 0 Å². The minimum Gasteiger partial charge on any atom is -0.0670 e. The summed E-state index contributed by atoms with van der Waals surface area (Å²) in [6.07, 6.45) is 12.0. The van der Waals surface area contributed by atoms with Gasteiger partial charge >= 0.3 is 0 Å². The van der Waals surface area contributed by atoms with Gasteiger partial charge in [0.2, 0.25) is 0 Å². The van der Waals surface area contributed by atoms with Crippen molar-refractivity contribution in [2.45, 2.75) is 51.4 Å². The lowest BCUT2D eigenvalue weighted by atomic mass is 9.57. The van der Waals surface area contributed by atoms with Gasteiger partial charge in [-0.05, 0) is 50.4 Å². The van der Waals surface area contributed by atoms with Gasteiger partial charge in [0.05, 0.1) is 0 Å². The zero-order valence-corrected chi connectivity index (χ0v) is 7.81. The lowest BCUT2D eigenvalue weighted by Gasteiger charge is -2.48. The van der Waals surface area contributed by atoms with E-state index in [1.807, 2.05) is 11.1 Å². The van der Waals surface area contributed by atoms with Crippen molar-refractivity contribution in [3.63, 3.8) is 0 Å². The second-order valence-corrected chi connectivity index (χ2v) is 4.76. The highest BCUT2D eigenvalue weighted by molar-refractivity contribution is 5.34. The monoisotopic (exact) mass is 162 g/mol. The number of hydrogen-bond acceptors (Lipinski definition) is 0. The highest BCUT2D eigenvalue weighted by atomic mass is 14.5. The summed E-state index contributed by atoms with van der Waals surface area (Å²) in [5.41, 5.74) is 3.84. The third kappa shape index (κ3) is 0.841. The van der Waals surface area contributed by atoms with Crippen molar-refractivity contribution in [3.8, 4) is 0 Å². The first-order valence-electron chi connectivity index (χ1n) is 5.68. The van der Waals surface area contributed by atoms with E-state index in [4.69, 9.17) is 0 Å². The van der Waals surface area contributed by atoms with Gasteiger partial charge in [0.25, 0.3) is 0 Å². The van der Waals surface area contributed by atoms with Crippen LogP contribution in [0.4, 0.5) is 0 Å². The molecule has 0 bridgehead atoms. The Morgan fingerprint density at radius 3 is 1.67 bits per heavy atom. The molecule has 2 unspecified atom stereocenters. The van der Waals surface area contributed by atoms with Crippen molar-refractivity contribution < 1.29 is 0 Å². The Labute approximate surface area is 75.0 Å². The summed E-state index contributed by atoms with van der Waals surface area (Å²) < 4.78 is 0. The van der Waals surface area contributed by atoms with Crippen LogP contribution < -0.4 is 0 Å². The van der Waals surface area contributed by atoms with Gasteiger partial charge < -0.3 is 0 Å². The number of hydrogen-bond donors (Lipinski definition) is 0. The normalized spacial score (nSPS) is 40.0. The average Bonchev–Trinajstić information content (AvgIpc) is 2.14. The molecule has 0 aromatic heterocycles. The smallest absolute Gasteiger partial charge is 0.0135 e. The first kappa shape index (κ1) is 7.17. The molecule has 1 fully saturated rings. The van der Waals surface area contributed by atoms with Gasteiger partial charge in [0.1, 0.15) is 0 Å². The largest absolute Gasteiger partial charge is 0.0670 e. The average molecular weight is 162 g/mol. The van der Waals surface area contributed by atoms with E-state index >= 15 is 0 Å². The van der Waals surface area contributed by atoms with Gasteiger partial charge in [-0.1, -0.05) is 24.0 Å². The molecule has 3 aliphatic carbocycles. The van der Waals surface area contributed by atoms with E-state index in [1.165, 1.54) is 51.4 Å². The third-order valence-electron chi connectivity index (χ3n) is 4.22. The van der Waals surface area contributed by atoms with Crippen LogP contribution in [-0.4, -0.2) is 0 Å². The van der Waals surface area contributed by atoms with Gasteiger partial charge in [0, 0.05) is 0 Å². The number of allylic oxidation sites excluding steroid dienone is 2. The van der Waals surface area contributed by atoms with Crippen LogP contribution in [0, 0.1) is 11.8 Å². The molecule has 0 radical (unpaired) electrons. The highest BCUT2D eigenvalue weighted by Crippen LogP contribution is 2.54. The van der Waals surface area contributed by atoms with Crippen molar-refractivity contribution in [1.29, 1.82) is 0 Å². The second-order valence-electron chi connectivity index (χ2n) is 4.76. The van der Waals surface area contributed by atoms with Gasteiger partial charge in [-0.3, -0.25) is 0 Å². The molecule has 12 heavy (non-hydrogen) atoms. The summed E-state index contributed by atoms with van der Waals surface area (Å²) >= 11 is 0. The van der Waals surface area contributed by atoms with Crippen LogP contribution in [0.5, 0.6) is 0 Å². The molecule has 66 valence electrons. The van der Waals surface area contributed by atoms with E-state index in [9.17, 15) is 0 Å². The maximum absolute atomic E-state index is 1.92. The van der Waals surface area contributed by atoms with Crippen LogP contribution in [0.1, 0.15) is 51.4 Å². The molecular weight excluding hydrogens is 144 g/mol. The van der Waals surface area contributed by atoms with Crippen molar-refractivity contribution in [1.82, 2.24) is 0 Å². The van der Waals surface area contributed by atoms with Crippen LogP contribution in [0.2, 0.25) is 0 Å². The second kappa shape index (κ2) is 2.61. The SMILES string of the molecule is C1CCC2=C(C1)C1CCCCC21. The molecule has 0 N–H and O–H groups in total. The summed E-state index contributed by atoms with van der Waals surface area (Å²) in [6.45, 7) is 0. The predicted molar refractivity (Wildman–Crippen MR) is 50.9 cm³/mol. The summed E-state index contributed by atoms with van der Waals surface area (Å²) in [6, 6.07) is 0. The minimum absolute atomic E-state index is 1.08.